The number of hydrogen-bond acceptors (Lipinski definition) is 6. The largest absolute Gasteiger partial charge is 0.305 e. The molecule has 0 aliphatic heterocycles. The van der Waals surface area contributed by atoms with Gasteiger partial charge in [0.25, 0.3) is 0 Å². The summed E-state index contributed by atoms with van der Waals surface area (Å²) in [6, 6.07) is 11.3. The van der Waals surface area contributed by atoms with E-state index in [1.807, 2.05) is 54.2 Å². The van der Waals surface area contributed by atoms with E-state index in [-0.39, 0.29) is 0 Å². The summed E-state index contributed by atoms with van der Waals surface area (Å²) in [7, 11) is 1.95. The molecular weight excluding hydrogens is 370 g/mol. The standard InChI is InChI=1S/C17H14ClN7S/c1-24-16(12-5-7-19-8-6-12)21-22-17(24)26-11-14-10-25(23-20-14)15-4-2-3-13(18)9-15/h2-10H,11H2,1H3. The van der Waals surface area contributed by atoms with Crippen molar-refractivity contribution in [2.75, 3.05) is 0 Å². The molecule has 9 heteroatoms. The molecule has 0 N–H and O–H groups in total. The van der Waals surface area contributed by atoms with Gasteiger partial charge in [-0.2, -0.15) is 0 Å². The lowest BCUT2D eigenvalue weighted by atomic mass is 10.2. The normalized spacial score (nSPS) is 11.0. The predicted molar refractivity (Wildman–Crippen MR) is 100 cm³/mol. The number of nitrogens with zero attached hydrogens (tertiary/aromatic N) is 7. The third kappa shape index (κ3) is 3.47. The summed E-state index contributed by atoms with van der Waals surface area (Å²) in [5.41, 5.74) is 2.71. The number of rotatable bonds is 5. The van der Waals surface area contributed by atoms with Crippen molar-refractivity contribution < 1.29 is 0 Å². The molecule has 0 amide bonds. The van der Waals surface area contributed by atoms with Crippen LogP contribution in [0.4, 0.5) is 0 Å². The second kappa shape index (κ2) is 7.27. The number of halogens is 1. The Hall–Kier alpha value is -2.71. The molecule has 3 aromatic heterocycles. The van der Waals surface area contributed by atoms with Gasteiger partial charge < -0.3 is 4.57 Å². The van der Waals surface area contributed by atoms with Crippen molar-refractivity contribution in [1.29, 1.82) is 0 Å². The lowest BCUT2D eigenvalue weighted by Crippen LogP contribution is -1.95. The van der Waals surface area contributed by atoms with Gasteiger partial charge in [0.2, 0.25) is 0 Å². The van der Waals surface area contributed by atoms with Crippen molar-refractivity contribution in [2.24, 2.45) is 7.05 Å². The Kier molecular flexibility index (Phi) is 4.68. The first-order chi connectivity index (χ1) is 12.7. The van der Waals surface area contributed by atoms with E-state index in [1.165, 1.54) is 0 Å². The van der Waals surface area contributed by atoms with Gasteiger partial charge in [0.05, 0.1) is 17.6 Å². The van der Waals surface area contributed by atoms with E-state index in [2.05, 4.69) is 25.5 Å². The zero-order chi connectivity index (χ0) is 17.9. The summed E-state index contributed by atoms with van der Waals surface area (Å²) < 4.78 is 3.67. The quantitative estimate of drug-likeness (QED) is 0.492. The minimum Gasteiger partial charge on any atom is -0.305 e. The van der Waals surface area contributed by atoms with Gasteiger partial charge in [0.1, 0.15) is 0 Å². The lowest BCUT2D eigenvalue weighted by Gasteiger charge is -2.02. The number of hydrogen-bond donors (Lipinski definition) is 0. The van der Waals surface area contributed by atoms with E-state index >= 15 is 0 Å². The number of thioether (sulfide) groups is 1. The van der Waals surface area contributed by atoms with Crippen molar-refractivity contribution in [3.63, 3.8) is 0 Å². The topological polar surface area (TPSA) is 74.3 Å². The van der Waals surface area contributed by atoms with Gasteiger partial charge in [0, 0.05) is 35.8 Å². The number of benzene rings is 1. The van der Waals surface area contributed by atoms with Crippen LogP contribution in [0.15, 0.2) is 60.1 Å². The van der Waals surface area contributed by atoms with E-state index in [0.29, 0.717) is 10.8 Å². The molecule has 0 saturated carbocycles. The highest BCUT2D eigenvalue weighted by molar-refractivity contribution is 7.98. The molecule has 0 bridgehead atoms. The molecule has 0 spiro atoms. The van der Waals surface area contributed by atoms with Crippen LogP contribution < -0.4 is 0 Å². The molecule has 3 heterocycles. The van der Waals surface area contributed by atoms with E-state index in [0.717, 1.165) is 27.9 Å². The van der Waals surface area contributed by atoms with Crippen LogP contribution in [-0.2, 0) is 12.8 Å². The fourth-order valence-corrected chi connectivity index (χ4v) is 3.41. The first-order valence-electron chi connectivity index (χ1n) is 7.80. The summed E-state index contributed by atoms with van der Waals surface area (Å²) >= 11 is 7.58. The van der Waals surface area contributed by atoms with Gasteiger partial charge in [-0.05, 0) is 30.3 Å². The molecule has 0 unspecified atom stereocenters. The van der Waals surface area contributed by atoms with Gasteiger partial charge >= 0.3 is 0 Å². The molecule has 7 nitrogen and oxygen atoms in total. The second-order valence-electron chi connectivity index (χ2n) is 5.52. The molecule has 0 aliphatic rings. The number of pyridine rings is 1. The fraction of sp³-hybridized carbons (Fsp3) is 0.118. The van der Waals surface area contributed by atoms with Crippen LogP contribution in [0.1, 0.15) is 5.69 Å². The molecule has 4 rings (SSSR count). The minimum absolute atomic E-state index is 0.642. The Morgan fingerprint density at radius 3 is 2.73 bits per heavy atom. The smallest absolute Gasteiger partial charge is 0.191 e. The highest BCUT2D eigenvalue weighted by Gasteiger charge is 2.12. The Balaban J connectivity index is 1.48. The van der Waals surface area contributed by atoms with Crippen LogP contribution in [0.5, 0.6) is 0 Å². The highest BCUT2D eigenvalue weighted by Crippen LogP contribution is 2.24. The van der Waals surface area contributed by atoms with Crippen LogP contribution >= 0.6 is 23.4 Å². The highest BCUT2D eigenvalue weighted by atomic mass is 35.5. The van der Waals surface area contributed by atoms with Crippen molar-refractivity contribution >= 4 is 23.4 Å². The molecule has 130 valence electrons. The molecule has 0 aliphatic carbocycles. The van der Waals surface area contributed by atoms with Crippen molar-refractivity contribution in [3.05, 3.63) is 65.7 Å². The average molecular weight is 384 g/mol. The molecule has 0 fully saturated rings. The van der Waals surface area contributed by atoms with Crippen molar-refractivity contribution in [3.8, 4) is 17.1 Å². The van der Waals surface area contributed by atoms with Crippen LogP contribution in [0.25, 0.3) is 17.1 Å². The molecule has 0 radical (unpaired) electrons. The van der Waals surface area contributed by atoms with E-state index < -0.39 is 0 Å². The third-order valence-electron chi connectivity index (χ3n) is 3.74. The van der Waals surface area contributed by atoms with Crippen LogP contribution in [0, 0.1) is 0 Å². The average Bonchev–Trinajstić information content (AvgIpc) is 3.28. The molecular formula is C17H14ClN7S. The minimum atomic E-state index is 0.642. The SMILES string of the molecule is Cn1c(SCc2cn(-c3cccc(Cl)c3)nn2)nnc1-c1ccncc1. The lowest BCUT2D eigenvalue weighted by molar-refractivity contribution is 0.791. The van der Waals surface area contributed by atoms with E-state index in [4.69, 9.17) is 11.6 Å². The van der Waals surface area contributed by atoms with Gasteiger partial charge in [0.15, 0.2) is 11.0 Å². The summed E-state index contributed by atoms with van der Waals surface area (Å²) in [6.07, 6.45) is 5.37. The zero-order valence-corrected chi connectivity index (χ0v) is 15.4. The summed E-state index contributed by atoms with van der Waals surface area (Å²) in [4.78, 5) is 4.03. The van der Waals surface area contributed by atoms with Gasteiger partial charge in [-0.25, -0.2) is 4.68 Å². The summed E-state index contributed by atoms with van der Waals surface area (Å²) in [6.45, 7) is 0. The molecule has 26 heavy (non-hydrogen) atoms. The van der Waals surface area contributed by atoms with Crippen LogP contribution in [-0.4, -0.2) is 34.7 Å². The first kappa shape index (κ1) is 16.7. The van der Waals surface area contributed by atoms with Crippen molar-refractivity contribution in [2.45, 2.75) is 10.9 Å². The molecule has 1 aromatic carbocycles. The Morgan fingerprint density at radius 1 is 1.08 bits per heavy atom. The Morgan fingerprint density at radius 2 is 1.92 bits per heavy atom. The molecule has 0 saturated heterocycles. The maximum atomic E-state index is 6.03. The molecule has 0 atom stereocenters. The van der Waals surface area contributed by atoms with Gasteiger partial charge in [-0.1, -0.05) is 34.6 Å². The maximum absolute atomic E-state index is 6.03. The Bertz CT molecular complexity index is 1030. The maximum Gasteiger partial charge on any atom is 0.191 e. The first-order valence-corrected chi connectivity index (χ1v) is 9.17. The Labute approximate surface area is 159 Å². The third-order valence-corrected chi connectivity index (χ3v) is 5.03. The van der Waals surface area contributed by atoms with Crippen molar-refractivity contribution in [1.82, 2.24) is 34.7 Å². The zero-order valence-electron chi connectivity index (χ0n) is 13.8. The second-order valence-corrected chi connectivity index (χ2v) is 6.90. The monoisotopic (exact) mass is 383 g/mol. The van der Waals surface area contributed by atoms with Crippen LogP contribution in [0.2, 0.25) is 5.02 Å². The fourth-order valence-electron chi connectivity index (χ4n) is 2.44. The summed E-state index contributed by atoms with van der Waals surface area (Å²) in [5, 5.41) is 18.4. The molecule has 4 aromatic rings. The number of aromatic nitrogens is 7. The predicted octanol–water partition coefficient (Wildman–Crippen LogP) is 3.40. The van der Waals surface area contributed by atoms with Gasteiger partial charge in [-0.3, -0.25) is 4.98 Å². The van der Waals surface area contributed by atoms with E-state index in [9.17, 15) is 0 Å². The summed E-state index contributed by atoms with van der Waals surface area (Å²) in [5.74, 6) is 1.44. The van der Waals surface area contributed by atoms with E-state index in [1.54, 1.807) is 28.8 Å². The van der Waals surface area contributed by atoms with Crippen LogP contribution in [0.3, 0.4) is 0 Å². The van der Waals surface area contributed by atoms with Gasteiger partial charge in [-0.15, -0.1) is 15.3 Å².